The van der Waals surface area contributed by atoms with E-state index in [0.29, 0.717) is 6.42 Å². The van der Waals surface area contributed by atoms with Gasteiger partial charge < -0.3 is 10.5 Å². The normalized spacial score (nSPS) is 13.2. The number of hydrogen-bond acceptors (Lipinski definition) is 3. The van der Waals surface area contributed by atoms with Crippen molar-refractivity contribution < 1.29 is 9.53 Å². The quantitative estimate of drug-likeness (QED) is 0.511. The first kappa shape index (κ1) is 11.6. The van der Waals surface area contributed by atoms with Crippen LogP contribution in [0.25, 0.3) is 0 Å². The van der Waals surface area contributed by atoms with Crippen LogP contribution in [0, 0.1) is 0 Å². The molecule has 0 radical (unpaired) electrons. The lowest BCUT2D eigenvalue weighted by Gasteiger charge is -2.08. The molecule has 0 bridgehead atoms. The van der Waals surface area contributed by atoms with E-state index < -0.39 is 12.0 Å². The van der Waals surface area contributed by atoms with Crippen molar-refractivity contribution in [2.75, 3.05) is 7.11 Å². The molecule has 1 atom stereocenters. The summed E-state index contributed by atoms with van der Waals surface area (Å²) in [7, 11) is 1.31. The molecule has 0 aliphatic rings. The number of carbonyl (C=O) groups excluding carboxylic acids is 1. The highest BCUT2D eigenvalue weighted by molar-refractivity contribution is 5.75. The van der Waals surface area contributed by atoms with Gasteiger partial charge in [0.05, 0.1) is 7.11 Å². The fraction of sp³-hybridized carbons (Fsp3) is 0.300. The van der Waals surface area contributed by atoms with Crippen LogP contribution in [0.1, 0.15) is 6.42 Å². The Labute approximate surface area is 78.6 Å². The number of allylic oxidation sites excluding steroid dienone is 3. The van der Waals surface area contributed by atoms with Gasteiger partial charge in [0.25, 0.3) is 0 Å². The predicted octanol–water partition coefficient (Wildman–Crippen LogP) is 1.18. The van der Waals surface area contributed by atoms with Gasteiger partial charge in [-0.15, -0.1) is 0 Å². The van der Waals surface area contributed by atoms with Gasteiger partial charge in [0, 0.05) is 0 Å². The summed E-state index contributed by atoms with van der Waals surface area (Å²) < 4.78 is 4.48. The largest absolute Gasteiger partial charge is 0.468 e. The molecule has 0 saturated heterocycles. The van der Waals surface area contributed by atoms with E-state index in [1.165, 1.54) is 7.11 Å². The number of ether oxygens (including phenoxy) is 1. The molecule has 0 aliphatic carbocycles. The Morgan fingerprint density at radius 1 is 1.62 bits per heavy atom. The first-order valence-corrected chi connectivity index (χ1v) is 3.93. The van der Waals surface area contributed by atoms with E-state index in [0.717, 1.165) is 5.57 Å². The Morgan fingerprint density at radius 2 is 2.23 bits per heavy atom. The zero-order chi connectivity index (χ0) is 10.3. The molecular formula is C10H15NO2. The van der Waals surface area contributed by atoms with Crippen molar-refractivity contribution >= 4 is 5.97 Å². The van der Waals surface area contributed by atoms with E-state index in [9.17, 15) is 4.79 Å². The second kappa shape index (κ2) is 6.20. The van der Waals surface area contributed by atoms with Crippen LogP contribution >= 0.6 is 0 Å². The Morgan fingerprint density at radius 3 is 2.62 bits per heavy atom. The minimum atomic E-state index is -0.630. The fourth-order valence-electron chi connectivity index (χ4n) is 0.859. The Kier molecular flexibility index (Phi) is 5.55. The molecule has 13 heavy (non-hydrogen) atoms. The van der Waals surface area contributed by atoms with Gasteiger partial charge in [0.15, 0.2) is 0 Å². The van der Waals surface area contributed by atoms with E-state index in [2.05, 4.69) is 17.9 Å². The Balaban J connectivity index is 4.24. The lowest BCUT2D eigenvalue weighted by atomic mass is 10.1. The summed E-state index contributed by atoms with van der Waals surface area (Å²) in [6, 6.07) is -0.630. The maximum atomic E-state index is 10.9. The second-order valence-corrected chi connectivity index (χ2v) is 2.52. The summed E-state index contributed by atoms with van der Waals surface area (Å²) in [4.78, 5) is 10.9. The van der Waals surface area contributed by atoms with Gasteiger partial charge in [-0.05, 0) is 12.0 Å². The third-order valence-electron chi connectivity index (χ3n) is 1.55. The van der Waals surface area contributed by atoms with Gasteiger partial charge in [0.1, 0.15) is 6.04 Å². The summed E-state index contributed by atoms with van der Waals surface area (Å²) in [5.41, 5.74) is 6.41. The van der Waals surface area contributed by atoms with Gasteiger partial charge in [-0.2, -0.15) is 0 Å². The average molecular weight is 181 g/mol. The van der Waals surface area contributed by atoms with Gasteiger partial charge in [-0.3, -0.25) is 4.79 Å². The van der Waals surface area contributed by atoms with Gasteiger partial charge >= 0.3 is 5.97 Å². The third kappa shape index (κ3) is 4.28. The van der Waals surface area contributed by atoms with Crippen LogP contribution in [0.4, 0.5) is 0 Å². The number of esters is 1. The second-order valence-electron chi connectivity index (χ2n) is 2.52. The van der Waals surface area contributed by atoms with Crippen molar-refractivity contribution in [3.05, 3.63) is 37.0 Å². The molecule has 72 valence electrons. The standard InChI is InChI=1S/C10H15NO2/c1-4-6-8(5-2)7-9(11)10(12)13-3/h4-6,9H,1-2,7,11H2,3H3/b8-6+. The molecule has 3 heteroatoms. The molecule has 0 amide bonds. The van der Waals surface area contributed by atoms with Crippen LogP contribution in [-0.4, -0.2) is 19.1 Å². The van der Waals surface area contributed by atoms with Crippen molar-refractivity contribution in [2.45, 2.75) is 12.5 Å². The Bertz CT molecular complexity index is 231. The van der Waals surface area contributed by atoms with Crippen LogP contribution < -0.4 is 5.73 Å². The molecule has 0 aliphatic heterocycles. The van der Waals surface area contributed by atoms with E-state index in [1.807, 2.05) is 0 Å². The molecule has 2 N–H and O–H groups in total. The molecule has 0 fully saturated rings. The minimum absolute atomic E-state index is 0.419. The smallest absolute Gasteiger partial charge is 0.322 e. The highest BCUT2D eigenvalue weighted by Gasteiger charge is 2.13. The molecule has 0 aromatic carbocycles. The van der Waals surface area contributed by atoms with Gasteiger partial charge in [-0.1, -0.05) is 31.4 Å². The number of methoxy groups -OCH3 is 1. The monoisotopic (exact) mass is 181 g/mol. The maximum Gasteiger partial charge on any atom is 0.322 e. The average Bonchev–Trinajstić information content (AvgIpc) is 2.15. The molecule has 0 heterocycles. The van der Waals surface area contributed by atoms with E-state index in [1.54, 1.807) is 18.2 Å². The van der Waals surface area contributed by atoms with Crippen LogP contribution in [0.3, 0.4) is 0 Å². The number of hydrogen-bond donors (Lipinski definition) is 1. The van der Waals surface area contributed by atoms with Crippen molar-refractivity contribution in [1.29, 1.82) is 0 Å². The van der Waals surface area contributed by atoms with Gasteiger partial charge in [-0.25, -0.2) is 0 Å². The molecule has 0 saturated carbocycles. The molecule has 0 spiro atoms. The number of nitrogens with two attached hydrogens (primary N) is 1. The van der Waals surface area contributed by atoms with Crippen LogP contribution in [0.15, 0.2) is 37.0 Å². The zero-order valence-corrected chi connectivity index (χ0v) is 7.82. The van der Waals surface area contributed by atoms with Crippen LogP contribution in [0.5, 0.6) is 0 Å². The van der Waals surface area contributed by atoms with Gasteiger partial charge in [0.2, 0.25) is 0 Å². The summed E-state index contributed by atoms with van der Waals surface area (Å²) in [6.07, 6.45) is 5.45. The topological polar surface area (TPSA) is 52.3 Å². The predicted molar refractivity (Wildman–Crippen MR) is 53.1 cm³/mol. The highest BCUT2D eigenvalue weighted by Crippen LogP contribution is 2.06. The molecule has 0 aromatic rings. The van der Waals surface area contributed by atoms with Crippen molar-refractivity contribution in [3.8, 4) is 0 Å². The minimum Gasteiger partial charge on any atom is -0.468 e. The lowest BCUT2D eigenvalue weighted by Crippen LogP contribution is -2.31. The lowest BCUT2D eigenvalue weighted by molar-refractivity contribution is -0.142. The first-order chi connectivity index (χ1) is 6.15. The summed E-state index contributed by atoms with van der Waals surface area (Å²) >= 11 is 0. The van der Waals surface area contributed by atoms with Crippen LogP contribution in [-0.2, 0) is 9.53 Å². The highest BCUT2D eigenvalue weighted by atomic mass is 16.5. The number of carbonyl (C=O) groups is 1. The van der Waals surface area contributed by atoms with Crippen molar-refractivity contribution in [1.82, 2.24) is 0 Å². The van der Waals surface area contributed by atoms with Crippen molar-refractivity contribution in [2.24, 2.45) is 5.73 Å². The zero-order valence-electron chi connectivity index (χ0n) is 7.82. The van der Waals surface area contributed by atoms with E-state index in [-0.39, 0.29) is 0 Å². The molecule has 3 nitrogen and oxygen atoms in total. The molecular weight excluding hydrogens is 166 g/mol. The molecule has 0 rings (SSSR count). The Hall–Kier alpha value is -1.35. The fourth-order valence-corrected chi connectivity index (χ4v) is 0.859. The molecule has 0 aromatic heterocycles. The first-order valence-electron chi connectivity index (χ1n) is 3.93. The summed E-state index contributed by atoms with van der Waals surface area (Å²) in [5, 5.41) is 0. The van der Waals surface area contributed by atoms with Crippen LogP contribution in [0.2, 0.25) is 0 Å². The summed E-state index contributed by atoms with van der Waals surface area (Å²) in [6.45, 7) is 7.13. The molecule has 1 unspecified atom stereocenters. The third-order valence-corrected chi connectivity index (χ3v) is 1.55. The van der Waals surface area contributed by atoms with E-state index in [4.69, 9.17) is 5.73 Å². The SMILES string of the molecule is C=C/C=C(\C=C)CC(N)C(=O)OC. The van der Waals surface area contributed by atoms with Crippen molar-refractivity contribution in [3.63, 3.8) is 0 Å². The summed E-state index contributed by atoms with van der Waals surface area (Å²) in [5.74, 6) is -0.420. The number of rotatable bonds is 5. The maximum absolute atomic E-state index is 10.9. The van der Waals surface area contributed by atoms with E-state index >= 15 is 0 Å².